The molecule has 0 saturated carbocycles. The van der Waals surface area contributed by atoms with Gasteiger partial charge in [0.25, 0.3) is 5.56 Å². The van der Waals surface area contributed by atoms with Crippen LogP contribution >= 0.6 is 0 Å². The largest absolute Gasteiger partial charge is 0.497 e. The number of aromatic nitrogens is 2. The SMILES string of the molecule is CCc1ccc(-n2c(C(CC)N(CCOC)C(=O)Nc3ccc(OC)cc3)nc3ccccc3c2=O)cc1. The molecule has 1 N–H and O–H groups in total. The number of benzene rings is 3. The maximum absolute atomic E-state index is 13.8. The van der Waals surface area contributed by atoms with Crippen molar-refractivity contribution in [3.63, 3.8) is 0 Å². The van der Waals surface area contributed by atoms with Gasteiger partial charge in [-0.15, -0.1) is 0 Å². The lowest BCUT2D eigenvalue weighted by Gasteiger charge is -2.32. The van der Waals surface area contributed by atoms with Crippen molar-refractivity contribution < 1.29 is 14.3 Å². The monoisotopic (exact) mass is 514 g/mol. The third-order valence-corrected chi connectivity index (χ3v) is 6.60. The predicted octanol–water partition coefficient (Wildman–Crippen LogP) is 5.59. The number of hydrogen-bond acceptors (Lipinski definition) is 5. The Kier molecular flexibility index (Phi) is 8.76. The molecule has 0 bridgehead atoms. The highest BCUT2D eigenvalue weighted by Crippen LogP contribution is 2.27. The van der Waals surface area contributed by atoms with Gasteiger partial charge < -0.3 is 19.7 Å². The van der Waals surface area contributed by atoms with Crippen molar-refractivity contribution in [2.24, 2.45) is 0 Å². The quantitative estimate of drug-likeness (QED) is 0.298. The van der Waals surface area contributed by atoms with Crippen LogP contribution in [0.3, 0.4) is 0 Å². The summed E-state index contributed by atoms with van der Waals surface area (Å²) in [6.07, 6.45) is 1.43. The number of nitrogens with zero attached hydrogens (tertiary/aromatic N) is 3. The molecule has 0 saturated heterocycles. The number of carbonyl (C=O) groups is 1. The molecule has 1 heterocycles. The van der Waals surface area contributed by atoms with E-state index < -0.39 is 6.04 Å². The van der Waals surface area contributed by atoms with Crippen LogP contribution in [0.1, 0.15) is 37.7 Å². The molecule has 8 heteroatoms. The van der Waals surface area contributed by atoms with Crippen molar-refractivity contribution in [3.05, 3.63) is 94.5 Å². The molecule has 0 fully saturated rings. The van der Waals surface area contributed by atoms with E-state index in [1.165, 1.54) is 5.56 Å². The first-order valence-electron chi connectivity index (χ1n) is 12.8. The molecule has 0 aliphatic rings. The van der Waals surface area contributed by atoms with Crippen molar-refractivity contribution in [1.82, 2.24) is 14.5 Å². The van der Waals surface area contributed by atoms with E-state index in [0.717, 1.165) is 6.42 Å². The van der Waals surface area contributed by atoms with Gasteiger partial charge in [0, 0.05) is 19.3 Å². The number of carbonyl (C=O) groups excluding carboxylic acids is 1. The molecule has 198 valence electrons. The van der Waals surface area contributed by atoms with Crippen LogP contribution < -0.4 is 15.6 Å². The number of hydrogen-bond donors (Lipinski definition) is 1. The number of urea groups is 1. The van der Waals surface area contributed by atoms with Gasteiger partial charge in [-0.2, -0.15) is 0 Å². The normalized spacial score (nSPS) is 11.8. The van der Waals surface area contributed by atoms with Crippen LogP contribution in [0.4, 0.5) is 10.5 Å². The third-order valence-electron chi connectivity index (χ3n) is 6.60. The van der Waals surface area contributed by atoms with E-state index in [1.54, 1.807) is 54.0 Å². The van der Waals surface area contributed by atoms with Crippen LogP contribution in [0.5, 0.6) is 5.75 Å². The fourth-order valence-electron chi connectivity index (χ4n) is 4.50. The molecule has 0 aliphatic heterocycles. The van der Waals surface area contributed by atoms with Gasteiger partial charge in [0.15, 0.2) is 0 Å². The average molecular weight is 515 g/mol. The lowest BCUT2D eigenvalue weighted by molar-refractivity contribution is 0.131. The Balaban J connectivity index is 1.83. The minimum absolute atomic E-state index is 0.171. The molecule has 2 amide bonds. The van der Waals surface area contributed by atoms with Crippen molar-refractivity contribution in [1.29, 1.82) is 0 Å². The summed E-state index contributed by atoms with van der Waals surface area (Å²) in [5, 5.41) is 3.50. The van der Waals surface area contributed by atoms with E-state index >= 15 is 0 Å². The molecule has 0 radical (unpaired) electrons. The number of fused-ring (bicyclic) bond motifs is 1. The minimum Gasteiger partial charge on any atom is -0.497 e. The molecule has 38 heavy (non-hydrogen) atoms. The Hall–Kier alpha value is -4.17. The molecule has 1 unspecified atom stereocenters. The van der Waals surface area contributed by atoms with Crippen LogP contribution in [0.2, 0.25) is 0 Å². The summed E-state index contributed by atoms with van der Waals surface area (Å²) in [5.41, 5.74) is 2.93. The summed E-state index contributed by atoms with van der Waals surface area (Å²) in [6, 6.07) is 21.5. The lowest BCUT2D eigenvalue weighted by atomic mass is 10.1. The maximum atomic E-state index is 13.8. The van der Waals surface area contributed by atoms with Crippen LogP contribution in [0.15, 0.2) is 77.6 Å². The number of methoxy groups -OCH3 is 2. The highest BCUT2D eigenvalue weighted by Gasteiger charge is 2.29. The summed E-state index contributed by atoms with van der Waals surface area (Å²) in [5.74, 6) is 1.20. The average Bonchev–Trinajstić information content (AvgIpc) is 2.95. The molecule has 1 atom stereocenters. The van der Waals surface area contributed by atoms with E-state index in [1.807, 2.05) is 49.4 Å². The Bertz CT molecular complexity index is 1430. The second kappa shape index (κ2) is 12.4. The third kappa shape index (κ3) is 5.70. The first-order chi connectivity index (χ1) is 18.5. The zero-order chi connectivity index (χ0) is 27.1. The highest BCUT2D eigenvalue weighted by molar-refractivity contribution is 5.89. The zero-order valence-electron chi connectivity index (χ0n) is 22.3. The minimum atomic E-state index is -0.494. The standard InChI is InChI=1S/C30H34N4O4/c1-5-21-11-15-23(16-12-21)34-28(32-26-10-8-7-9-25(26)29(34)35)27(6-2)33(19-20-37-3)30(36)31-22-13-17-24(38-4)18-14-22/h7-18,27H,5-6,19-20H2,1-4H3,(H,31,36). The molecule has 8 nitrogen and oxygen atoms in total. The molecule has 1 aromatic heterocycles. The number of para-hydroxylation sites is 1. The first-order valence-corrected chi connectivity index (χ1v) is 12.8. The second-order valence-electron chi connectivity index (χ2n) is 8.92. The maximum Gasteiger partial charge on any atom is 0.322 e. The highest BCUT2D eigenvalue weighted by atomic mass is 16.5. The Labute approximate surface area is 222 Å². The smallest absolute Gasteiger partial charge is 0.322 e. The molecular weight excluding hydrogens is 480 g/mol. The molecule has 0 aliphatic carbocycles. The van der Waals surface area contributed by atoms with Gasteiger partial charge in [-0.25, -0.2) is 9.78 Å². The second-order valence-corrected chi connectivity index (χ2v) is 8.92. The van der Waals surface area contributed by atoms with Gasteiger partial charge >= 0.3 is 6.03 Å². The van der Waals surface area contributed by atoms with Gasteiger partial charge in [-0.1, -0.05) is 38.1 Å². The number of amides is 2. The van der Waals surface area contributed by atoms with E-state index in [4.69, 9.17) is 14.5 Å². The number of anilines is 1. The van der Waals surface area contributed by atoms with Gasteiger partial charge in [-0.05, 0) is 66.9 Å². The molecule has 4 rings (SSSR count). The Morgan fingerprint density at radius 2 is 1.71 bits per heavy atom. The Morgan fingerprint density at radius 3 is 2.34 bits per heavy atom. The van der Waals surface area contributed by atoms with E-state index in [2.05, 4.69) is 12.2 Å². The number of rotatable bonds is 10. The Morgan fingerprint density at radius 1 is 1.00 bits per heavy atom. The lowest BCUT2D eigenvalue weighted by Crippen LogP contribution is -2.42. The van der Waals surface area contributed by atoms with Crippen molar-refractivity contribution in [3.8, 4) is 11.4 Å². The van der Waals surface area contributed by atoms with Crippen molar-refractivity contribution >= 4 is 22.6 Å². The van der Waals surface area contributed by atoms with Crippen LogP contribution in [0, 0.1) is 0 Å². The van der Waals surface area contributed by atoms with Crippen LogP contribution in [-0.2, 0) is 11.2 Å². The van der Waals surface area contributed by atoms with Crippen LogP contribution in [-0.4, -0.2) is 47.9 Å². The topological polar surface area (TPSA) is 85.7 Å². The fourth-order valence-corrected chi connectivity index (χ4v) is 4.50. The molecule has 4 aromatic rings. The molecule has 0 spiro atoms. The summed E-state index contributed by atoms with van der Waals surface area (Å²) in [6.45, 7) is 4.72. The number of nitrogens with one attached hydrogen (secondary N) is 1. The van der Waals surface area contributed by atoms with Gasteiger partial charge in [0.05, 0.1) is 36.3 Å². The summed E-state index contributed by atoms with van der Waals surface area (Å²) in [4.78, 5) is 34.1. The predicted molar refractivity (Wildman–Crippen MR) is 150 cm³/mol. The first kappa shape index (κ1) is 26.9. The number of ether oxygens (including phenoxy) is 2. The summed E-state index contributed by atoms with van der Waals surface area (Å²) in [7, 11) is 3.19. The van der Waals surface area contributed by atoms with Crippen molar-refractivity contribution in [2.75, 3.05) is 32.7 Å². The summed E-state index contributed by atoms with van der Waals surface area (Å²) >= 11 is 0. The van der Waals surface area contributed by atoms with E-state index in [9.17, 15) is 9.59 Å². The zero-order valence-corrected chi connectivity index (χ0v) is 22.3. The summed E-state index contributed by atoms with van der Waals surface area (Å²) < 4.78 is 12.2. The fraction of sp³-hybridized carbons (Fsp3) is 0.300. The van der Waals surface area contributed by atoms with Crippen molar-refractivity contribution in [2.45, 2.75) is 32.7 Å². The van der Waals surface area contributed by atoms with Gasteiger partial charge in [0.1, 0.15) is 11.6 Å². The molecule has 3 aromatic carbocycles. The van der Waals surface area contributed by atoms with Gasteiger partial charge in [0.2, 0.25) is 0 Å². The van der Waals surface area contributed by atoms with E-state index in [0.29, 0.717) is 53.4 Å². The van der Waals surface area contributed by atoms with E-state index in [-0.39, 0.29) is 11.6 Å². The number of aryl methyl sites for hydroxylation is 1. The van der Waals surface area contributed by atoms with Crippen LogP contribution in [0.25, 0.3) is 16.6 Å². The molecular formula is C30H34N4O4. The van der Waals surface area contributed by atoms with Gasteiger partial charge in [-0.3, -0.25) is 9.36 Å².